The topological polar surface area (TPSA) is 61.3 Å². The Kier molecular flexibility index (Phi) is 4.07. The van der Waals surface area contributed by atoms with E-state index in [0.717, 1.165) is 5.56 Å². The Labute approximate surface area is 111 Å². The molecule has 5 nitrogen and oxygen atoms in total. The van der Waals surface area contributed by atoms with Crippen molar-refractivity contribution in [2.24, 2.45) is 0 Å². The number of hydrogen-bond donors (Lipinski definition) is 0. The fourth-order valence-corrected chi connectivity index (χ4v) is 1.54. The number of aromatic nitrogens is 2. The number of carbonyl (C=O) groups excluding carboxylic acids is 1. The van der Waals surface area contributed by atoms with Crippen molar-refractivity contribution in [1.82, 2.24) is 9.97 Å². The van der Waals surface area contributed by atoms with Crippen LogP contribution in [0.2, 0.25) is 0 Å². The van der Waals surface area contributed by atoms with E-state index in [1.54, 1.807) is 7.11 Å². The molecule has 0 saturated carbocycles. The number of hydrogen-bond acceptors (Lipinski definition) is 5. The first-order valence-corrected chi connectivity index (χ1v) is 5.78. The van der Waals surface area contributed by atoms with Gasteiger partial charge in [-0.2, -0.15) is 0 Å². The standard InChI is InChI=1S/C14H14N2O3/c1-10(17)9-19-11-7-15-14(16-8-11)12-5-3-4-6-13(12)18-2/h3-8H,9H2,1-2H3. The molecular weight excluding hydrogens is 244 g/mol. The van der Waals surface area contributed by atoms with E-state index in [4.69, 9.17) is 9.47 Å². The molecular formula is C14H14N2O3. The summed E-state index contributed by atoms with van der Waals surface area (Å²) in [6.07, 6.45) is 3.08. The third kappa shape index (κ3) is 3.28. The highest BCUT2D eigenvalue weighted by molar-refractivity contribution is 5.77. The molecule has 0 fully saturated rings. The summed E-state index contributed by atoms with van der Waals surface area (Å²) < 4.78 is 10.5. The summed E-state index contributed by atoms with van der Waals surface area (Å²) >= 11 is 0. The van der Waals surface area contributed by atoms with Crippen LogP contribution in [-0.2, 0) is 4.79 Å². The highest BCUT2D eigenvalue weighted by Gasteiger charge is 2.07. The van der Waals surface area contributed by atoms with Gasteiger partial charge in [-0.05, 0) is 19.1 Å². The largest absolute Gasteiger partial charge is 0.496 e. The predicted octanol–water partition coefficient (Wildman–Crippen LogP) is 2.12. The average molecular weight is 258 g/mol. The van der Waals surface area contributed by atoms with Gasteiger partial charge >= 0.3 is 0 Å². The SMILES string of the molecule is COc1ccccc1-c1ncc(OCC(C)=O)cn1. The minimum atomic E-state index is -0.0474. The summed E-state index contributed by atoms with van der Waals surface area (Å²) in [4.78, 5) is 19.2. The number of nitrogens with zero attached hydrogens (tertiary/aromatic N) is 2. The Morgan fingerprint density at radius 3 is 2.53 bits per heavy atom. The molecule has 0 aliphatic heterocycles. The van der Waals surface area contributed by atoms with Crippen LogP contribution in [-0.4, -0.2) is 29.5 Å². The molecule has 0 N–H and O–H groups in total. The molecule has 19 heavy (non-hydrogen) atoms. The number of methoxy groups -OCH3 is 1. The maximum Gasteiger partial charge on any atom is 0.167 e. The number of carbonyl (C=O) groups is 1. The van der Waals surface area contributed by atoms with Crippen LogP contribution in [0.25, 0.3) is 11.4 Å². The third-order valence-corrected chi connectivity index (χ3v) is 2.42. The Hall–Kier alpha value is -2.43. The van der Waals surface area contributed by atoms with Gasteiger partial charge in [0.25, 0.3) is 0 Å². The Balaban J connectivity index is 2.20. The molecule has 0 amide bonds. The first-order chi connectivity index (χ1) is 9.20. The van der Waals surface area contributed by atoms with Crippen LogP contribution in [0.3, 0.4) is 0 Å². The van der Waals surface area contributed by atoms with E-state index >= 15 is 0 Å². The van der Waals surface area contributed by atoms with Crippen molar-refractivity contribution in [2.75, 3.05) is 13.7 Å². The van der Waals surface area contributed by atoms with Crippen LogP contribution in [0.5, 0.6) is 11.5 Å². The van der Waals surface area contributed by atoms with Crippen LogP contribution in [0.1, 0.15) is 6.92 Å². The predicted molar refractivity (Wildman–Crippen MR) is 70.2 cm³/mol. The maximum atomic E-state index is 10.8. The summed E-state index contributed by atoms with van der Waals surface area (Å²) in [6.45, 7) is 1.49. The number of benzene rings is 1. The van der Waals surface area contributed by atoms with Gasteiger partial charge in [0.2, 0.25) is 0 Å². The van der Waals surface area contributed by atoms with E-state index in [1.807, 2.05) is 24.3 Å². The zero-order chi connectivity index (χ0) is 13.7. The first kappa shape index (κ1) is 13.0. The van der Waals surface area contributed by atoms with Crippen molar-refractivity contribution in [3.05, 3.63) is 36.7 Å². The highest BCUT2D eigenvalue weighted by atomic mass is 16.5. The molecule has 98 valence electrons. The monoisotopic (exact) mass is 258 g/mol. The van der Waals surface area contributed by atoms with Gasteiger partial charge in [-0.3, -0.25) is 4.79 Å². The molecule has 0 saturated heterocycles. The second-order valence-electron chi connectivity index (χ2n) is 3.93. The van der Waals surface area contributed by atoms with Gasteiger partial charge in [-0.15, -0.1) is 0 Å². The summed E-state index contributed by atoms with van der Waals surface area (Å²) in [6, 6.07) is 7.50. The van der Waals surface area contributed by atoms with E-state index in [1.165, 1.54) is 19.3 Å². The van der Waals surface area contributed by atoms with Gasteiger partial charge < -0.3 is 9.47 Å². The lowest BCUT2D eigenvalue weighted by Crippen LogP contribution is -2.07. The normalized spacial score (nSPS) is 10.0. The van der Waals surface area contributed by atoms with Gasteiger partial charge in [0.05, 0.1) is 25.1 Å². The number of rotatable bonds is 5. The molecule has 0 aliphatic rings. The molecule has 0 radical (unpaired) electrons. The molecule has 2 aromatic rings. The number of ketones is 1. The van der Waals surface area contributed by atoms with Crippen molar-refractivity contribution in [3.63, 3.8) is 0 Å². The van der Waals surface area contributed by atoms with Crippen LogP contribution in [0.15, 0.2) is 36.7 Å². The smallest absolute Gasteiger partial charge is 0.167 e. The minimum absolute atomic E-state index is 0.0252. The van der Waals surface area contributed by atoms with E-state index < -0.39 is 0 Å². The fourth-order valence-electron chi connectivity index (χ4n) is 1.54. The molecule has 1 aromatic carbocycles. The lowest BCUT2D eigenvalue weighted by molar-refractivity contribution is -0.118. The van der Waals surface area contributed by atoms with Crippen LogP contribution in [0.4, 0.5) is 0 Å². The van der Waals surface area contributed by atoms with Crippen LogP contribution in [0, 0.1) is 0 Å². The average Bonchev–Trinajstić information content (AvgIpc) is 2.45. The molecule has 0 aliphatic carbocycles. The van der Waals surface area contributed by atoms with E-state index in [2.05, 4.69) is 9.97 Å². The van der Waals surface area contributed by atoms with E-state index in [0.29, 0.717) is 17.3 Å². The maximum absolute atomic E-state index is 10.8. The quantitative estimate of drug-likeness (QED) is 0.822. The third-order valence-electron chi connectivity index (χ3n) is 2.42. The molecule has 0 unspecified atom stereocenters. The Morgan fingerprint density at radius 1 is 1.21 bits per heavy atom. The fraction of sp³-hybridized carbons (Fsp3) is 0.214. The molecule has 2 rings (SSSR count). The van der Waals surface area contributed by atoms with E-state index in [-0.39, 0.29) is 12.4 Å². The van der Waals surface area contributed by atoms with Crippen molar-refractivity contribution >= 4 is 5.78 Å². The van der Waals surface area contributed by atoms with E-state index in [9.17, 15) is 4.79 Å². The van der Waals surface area contributed by atoms with Gasteiger partial charge in [-0.25, -0.2) is 9.97 Å². The molecule has 5 heteroatoms. The summed E-state index contributed by atoms with van der Waals surface area (Å²) in [7, 11) is 1.60. The Bertz CT molecular complexity index is 567. The zero-order valence-electron chi connectivity index (χ0n) is 10.8. The van der Waals surface area contributed by atoms with Gasteiger partial charge in [0.1, 0.15) is 12.4 Å². The summed E-state index contributed by atoms with van der Waals surface area (Å²) in [5.74, 6) is 1.68. The van der Waals surface area contributed by atoms with Crippen LogP contribution < -0.4 is 9.47 Å². The van der Waals surface area contributed by atoms with Crippen molar-refractivity contribution in [2.45, 2.75) is 6.92 Å². The van der Waals surface area contributed by atoms with Gasteiger partial charge in [0.15, 0.2) is 17.4 Å². The first-order valence-electron chi connectivity index (χ1n) is 5.78. The number of para-hydroxylation sites is 1. The number of Topliss-reactive ketones (excluding diaryl/α,β-unsaturated/α-hetero) is 1. The zero-order valence-corrected chi connectivity index (χ0v) is 10.8. The van der Waals surface area contributed by atoms with Gasteiger partial charge in [0, 0.05) is 0 Å². The van der Waals surface area contributed by atoms with Gasteiger partial charge in [-0.1, -0.05) is 12.1 Å². The summed E-state index contributed by atoms with van der Waals surface area (Å²) in [5.41, 5.74) is 0.808. The van der Waals surface area contributed by atoms with Crippen LogP contribution >= 0.6 is 0 Å². The van der Waals surface area contributed by atoms with Crippen molar-refractivity contribution in [3.8, 4) is 22.9 Å². The summed E-state index contributed by atoms with van der Waals surface area (Å²) in [5, 5.41) is 0. The lowest BCUT2D eigenvalue weighted by Gasteiger charge is -2.07. The molecule has 0 atom stereocenters. The molecule has 1 aromatic heterocycles. The molecule has 0 spiro atoms. The molecule has 0 bridgehead atoms. The second kappa shape index (κ2) is 5.95. The number of ether oxygens (including phenoxy) is 2. The Morgan fingerprint density at radius 2 is 1.89 bits per heavy atom. The minimum Gasteiger partial charge on any atom is -0.496 e. The van der Waals surface area contributed by atoms with Crippen molar-refractivity contribution in [1.29, 1.82) is 0 Å². The second-order valence-corrected chi connectivity index (χ2v) is 3.93. The highest BCUT2D eigenvalue weighted by Crippen LogP contribution is 2.26. The molecule has 1 heterocycles. The van der Waals surface area contributed by atoms with Crippen molar-refractivity contribution < 1.29 is 14.3 Å². The lowest BCUT2D eigenvalue weighted by atomic mass is 10.2.